The van der Waals surface area contributed by atoms with Gasteiger partial charge < -0.3 is 15.7 Å². The summed E-state index contributed by atoms with van der Waals surface area (Å²) in [5.74, 6) is 0.944. The van der Waals surface area contributed by atoms with Gasteiger partial charge in [-0.3, -0.25) is 0 Å². The van der Waals surface area contributed by atoms with Crippen LogP contribution in [0.3, 0.4) is 0 Å². The highest BCUT2D eigenvalue weighted by Crippen LogP contribution is 2.29. The average molecular weight is 198 g/mol. The maximum absolute atomic E-state index is 9.95. The molecule has 0 radical (unpaired) electrons. The van der Waals surface area contributed by atoms with E-state index >= 15 is 0 Å². The van der Waals surface area contributed by atoms with Crippen molar-refractivity contribution >= 4 is 0 Å². The summed E-state index contributed by atoms with van der Waals surface area (Å²) in [5.41, 5.74) is 4.99. The molecule has 2 rings (SSSR count). The van der Waals surface area contributed by atoms with Crippen molar-refractivity contribution in [3.63, 3.8) is 0 Å². The Bertz CT molecular complexity index is 184. The molecule has 0 aromatic rings. The van der Waals surface area contributed by atoms with E-state index in [1.54, 1.807) is 0 Å². The van der Waals surface area contributed by atoms with Crippen LogP contribution in [0.2, 0.25) is 0 Å². The third-order valence-electron chi connectivity index (χ3n) is 3.91. The summed E-state index contributed by atoms with van der Waals surface area (Å²) < 4.78 is 0. The molecule has 1 saturated heterocycles. The van der Waals surface area contributed by atoms with Gasteiger partial charge in [-0.25, -0.2) is 0 Å². The molecular weight excluding hydrogens is 176 g/mol. The van der Waals surface area contributed by atoms with E-state index in [0.717, 1.165) is 31.8 Å². The Hall–Kier alpha value is -0.120. The Labute approximate surface area is 86.3 Å². The van der Waals surface area contributed by atoms with Crippen LogP contribution in [0.1, 0.15) is 32.1 Å². The third-order valence-corrected chi connectivity index (χ3v) is 3.91. The van der Waals surface area contributed by atoms with E-state index in [1.807, 2.05) is 0 Å². The van der Waals surface area contributed by atoms with Gasteiger partial charge in [0.25, 0.3) is 0 Å². The summed E-state index contributed by atoms with van der Waals surface area (Å²) >= 11 is 0. The summed E-state index contributed by atoms with van der Waals surface area (Å²) in [6.45, 7) is 3.74. The van der Waals surface area contributed by atoms with E-state index in [1.165, 1.54) is 25.8 Å². The largest absolute Gasteiger partial charge is 0.388 e. The van der Waals surface area contributed by atoms with E-state index in [9.17, 15) is 5.11 Å². The number of hydrogen-bond donors (Lipinski definition) is 2. The normalized spacial score (nSPS) is 28.7. The second-order valence-corrected chi connectivity index (χ2v) is 5.03. The molecule has 0 amide bonds. The first-order valence-electron chi connectivity index (χ1n) is 5.87. The molecule has 3 N–H and O–H groups in total. The maximum Gasteiger partial charge on any atom is 0.0793 e. The molecule has 3 nitrogen and oxygen atoms in total. The second-order valence-electron chi connectivity index (χ2n) is 5.03. The van der Waals surface area contributed by atoms with Gasteiger partial charge in [0, 0.05) is 26.2 Å². The number of aliphatic hydroxyl groups is 1. The molecule has 14 heavy (non-hydrogen) atoms. The Morgan fingerprint density at radius 2 is 1.93 bits per heavy atom. The monoisotopic (exact) mass is 198 g/mol. The maximum atomic E-state index is 9.95. The molecule has 0 aromatic heterocycles. The van der Waals surface area contributed by atoms with Crippen LogP contribution in [-0.2, 0) is 0 Å². The molecule has 0 spiro atoms. The van der Waals surface area contributed by atoms with Crippen molar-refractivity contribution in [3.8, 4) is 0 Å². The number of nitrogens with zero attached hydrogens (tertiary/aromatic N) is 1. The molecule has 2 aliphatic rings. The smallest absolute Gasteiger partial charge is 0.0793 e. The van der Waals surface area contributed by atoms with E-state index in [0.29, 0.717) is 6.54 Å². The third kappa shape index (κ3) is 2.27. The fraction of sp³-hybridized carbons (Fsp3) is 1.00. The zero-order chi connectivity index (χ0) is 10.0. The minimum absolute atomic E-state index is 0.421. The molecule has 1 aliphatic heterocycles. The number of rotatable bonds is 3. The van der Waals surface area contributed by atoms with Crippen molar-refractivity contribution in [1.82, 2.24) is 4.90 Å². The van der Waals surface area contributed by atoms with Crippen LogP contribution in [0.15, 0.2) is 0 Å². The molecule has 0 unspecified atom stereocenters. The predicted molar refractivity (Wildman–Crippen MR) is 57.0 cm³/mol. The Morgan fingerprint density at radius 1 is 1.29 bits per heavy atom. The first-order chi connectivity index (χ1) is 6.72. The summed E-state index contributed by atoms with van der Waals surface area (Å²) in [4.78, 5) is 2.49. The van der Waals surface area contributed by atoms with E-state index < -0.39 is 5.60 Å². The van der Waals surface area contributed by atoms with Crippen LogP contribution >= 0.6 is 0 Å². The van der Waals surface area contributed by atoms with Crippen LogP contribution in [0.5, 0.6) is 0 Å². The van der Waals surface area contributed by atoms with Crippen LogP contribution in [-0.4, -0.2) is 41.8 Å². The van der Waals surface area contributed by atoms with Crippen molar-refractivity contribution in [2.45, 2.75) is 37.7 Å². The van der Waals surface area contributed by atoms with Gasteiger partial charge in [0.2, 0.25) is 0 Å². The van der Waals surface area contributed by atoms with Gasteiger partial charge in [-0.05, 0) is 31.6 Å². The standard InChI is InChI=1S/C11H22N2O/c12-9-11(14)4-6-13(7-5-11)8-10-2-1-3-10/h10,14H,1-9,12H2. The summed E-state index contributed by atoms with van der Waals surface area (Å²) in [6, 6.07) is 0. The Kier molecular flexibility index (Phi) is 3.10. The molecule has 1 aliphatic carbocycles. The highest BCUT2D eigenvalue weighted by atomic mass is 16.3. The lowest BCUT2D eigenvalue weighted by Crippen LogP contribution is -2.49. The minimum atomic E-state index is -0.559. The van der Waals surface area contributed by atoms with Gasteiger partial charge in [-0.2, -0.15) is 0 Å². The molecular formula is C11H22N2O. The molecule has 0 aromatic carbocycles. The first-order valence-corrected chi connectivity index (χ1v) is 5.87. The summed E-state index contributed by atoms with van der Waals surface area (Å²) in [5, 5.41) is 9.95. The van der Waals surface area contributed by atoms with E-state index in [4.69, 9.17) is 5.73 Å². The minimum Gasteiger partial charge on any atom is -0.388 e. The molecule has 3 heteroatoms. The van der Waals surface area contributed by atoms with Crippen LogP contribution in [0.25, 0.3) is 0 Å². The van der Waals surface area contributed by atoms with Crippen LogP contribution in [0, 0.1) is 5.92 Å². The highest BCUT2D eigenvalue weighted by molar-refractivity contribution is 4.87. The quantitative estimate of drug-likeness (QED) is 0.697. The van der Waals surface area contributed by atoms with Gasteiger partial charge in [-0.1, -0.05) is 6.42 Å². The first kappa shape index (κ1) is 10.4. The zero-order valence-corrected chi connectivity index (χ0v) is 8.91. The molecule has 2 fully saturated rings. The molecule has 1 saturated carbocycles. The molecule has 82 valence electrons. The fourth-order valence-electron chi connectivity index (χ4n) is 2.40. The lowest BCUT2D eigenvalue weighted by molar-refractivity contribution is -0.0192. The average Bonchev–Trinajstić information content (AvgIpc) is 2.14. The second kappa shape index (κ2) is 4.17. The van der Waals surface area contributed by atoms with Gasteiger partial charge in [-0.15, -0.1) is 0 Å². The number of nitrogens with two attached hydrogens (primary N) is 1. The summed E-state index contributed by atoms with van der Waals surface area (Å²) in [7, 11) is 0. The Balaban J connectivity index is 1.72. The fourth-order valence-corrected chi connectivity index (χ4v) is 2.40. The lowest BCUT2D eigenvalue weighted by Gasteiger charge is -2.40. The van der Waals surface area contributed by atoms with Crippen LogP contribution in [0.4, 0.5) is 0 Å². The van der Waals surface area contributed by atoms with Gasteiger partial charge in [0.15, 0.2) is 0 Å². The molecule has 0 bridgehead atoms. The van der Waals surface area contributed by atoms with Gasteiger partial charge >= 0.3 is 0 Å². The number of likely N-dealkylation sites (tertiary alicyclic amines) is 1. The highest BCUT2D eigenvalue weighted by Gasteiger charge is 2.32. The van der Waals surface area contributed by atoms with Gasteiger partial charge in [0.05, 0.1) is 5.60 Å². The van der Waals surface area contributed by atoms with Crippen molar-refractivity contribution in [2.75, 3.05) is 26.2 Å². The Morgan fingerprint density at radius 3 is 2.36 bits per heavy atom. The van der Waals surface area contributed by atoms with Crippen molar-refractivity contribution in [2.24, 2.45) is 11.7 Å². The number of hydrogen-bond acceptors (Lipinski definition) is 3. The predicted octanol–water partition coefficient (Wildman–Crippen LogP) is 0.572. The van der Waals surface area contributed by atoms with E-state index in [2.05, 4.69) is 4.90 Å². The van der Waals surface area contributed by atoms with Crippen molar-refractivity contribution in [1.29, 1.82) is 0 Å². The zero-order valence-electron chi connectivity index (χ0n) is 8.91. The van der Waals surface area contributed by atoms with Gasteiger partial charge in [0.1, 0.15) is 0 Å². The SMILES string of the molecule is NCC1(O)CCN(CC2CCC2)CC1. The number of piperidine rings is 1. The lowest BCUT2D eigenvalue weighted by atomic mass is 9.84. The van der Waals surface area contributed by atoms with Crippen molar-refractivity contribution < 1.29 is 5.11 Å². The molecule has 1 heterocycles. The van der Waals surface area contributed by atoms with E-state index in [-0.39, 0.29) is 0 Å². The molecule has 0 atom stereocenters. The van der Waals surface area contributed by atoms with Crippen LogP contribution < -0.4 is 5.73 Å². The topological polar surface area (TPSA) is 49.5 Å². The summed E-state index contributed by atoms with van der Waals surface area (Å²) in [6.07, 6.45) is 5.97. The van der Waals surface area contributed by atoms with Crippen molar-refractivity contribution in [3.05, 3.63) is 0 Å².